The van der Waals surface area contributed by atoms with Crippen molar-refractivity contribution in [2.75, 3.05) is 0 Å². The molecule has 0 aromatic heterocycles. The van der Waals surface area contributed by atoms with Crippen molar-refractivity contribution in [3.05, 3.63) is 0 Å². The van der Waals surface area contributed by atoms with Crippen LogP contribution in [0.3, 0.4) is 0 Å². The Hall–Kier alpha value is 0.543. The Morgan fingerprint density at radius 3 is 1.45 bits per heavy atom. The van der Waals surface area contributed by atoms with Crippen molar-refractivity contribution >= 4 is 14.3 Å². The zero-order valence-electron chi connectivity index (χ0n) is 8.91. The normalized spacial score (nSPS) is 12.5. The van der Waals surface area contributed by atoms with Gasteiger partial charge in [-0.3, -0.25) is 0 Å². The molecule has 0 aromatic carbocycles. The monoisotopic (exact) mass is 218 g/mol. The number of rotatable bonds is 4. The summed E-state index contributed by atoms with van der Waals surface area (Å²) in [6.07, 6.45) is 2.84. The van der Waals surface area contributed by atoms with Crippen LogP contribution in [0.4, 0.5) is 0 Å². The second kappa shape index (κ2) is 5.23. The van der Waals surface area contributed by atoms with E-state index < -0.39 is 14.3 Å². The van der Waals surface area contributed by atoms with E-state index in [-0.39, 0.29) is 0 Å². The fraction of sp³-hybridized carbons (Fsp3) is 1.00. The molecule has 0 amide bonds. The Balaban J connectivity index is 3.88. The van der Waals surface area contributed by atoms with E-state index >= 15 is 0 Å². The van der Waals surface area contributed by atoms with Gasteiger partial charge in [0.2, 0.25) is 0 Å². The van der Waals surface area contributed by atoms with Gasteiger partial charge in [-0.2, -0.15) is 0 Å². The van der Waals surface area contributed by atoms with Crippen molar-refractivity contribution in [3.63, 3.8) is 0 Å². The van der Waals surface area contributed by atoms with Gasteiger partial charge in [-0.25, -0.2) is 0 Å². The molecular weight excluding hydrogens is 193 g/mol. The second-order valence-electron chi connectivity index (χ2n) is 4.64. The van der Waals surface area contributed by atoms with Gasteiger partial charge in [-0.05, 0) is 0 Å². The SMILES string of the molecule is CC[CH2][GeH]([CH2]CC)[C](C)(C)C. The van der Waals surface area contributed by atoms with Gasteiger partial charge in [0.15, 0.2) is 0 Å². The third kappa shape index (κ3) is 4.89. The predicted molar refractivity (Wildman–Crippen MR) is 57.1 cm³/mol. The summed E-state index contributed by atoms with van der Waals surface area (Å²) in [4.78, 5) is 0. The molecule has 0 bridgehead atoms. The van der Waals surface area contributed by atoms with Crippen LogP contribution in [0.1, 0.15) is 47.5 Å². The molecule has 0 N–H and O–H groups in total. The molecular formula is C10H24Ge. The first kappa shape index (κ1) is 11.5. The maximum absolute atomic E-state index is 2.45. The van der Waals surface area contributed by atoms with Gasteiger partial charge in [-0.15, -0.1) is 0 Å². The molecule has 0 aliphatic carbocycles. The minimum atomic E-state index is -0.895. The molecule has 1 heteroatoms. The molecule has 0 saturated carbocycles. The molecule has 0 unspecified atom stereocenters. The van der Waals surface area contributed by atoms with Crippen LogP contribution >= 0.6 is 0 Å². The third-order valence-corrected chi connectivity index (χ3v) is 13.0. The van der Waals surface area contributed by atoms with E-state index in [0.29, 0.717) is 4.25 Å². The first-order chi connectivity index (χ1) is 5.02. The maximum atomic E-state index is 2.45. The topological polar surface area (TPSA) is 0 Å². The summed E-state index contributed by atoms with van der Waals surface area (Å²) >= 11 is -0.895. The van der Waals surface area contributed by atoms with Gasteiger partial charge in [-0.1, -0.05) is 0 Å². The first-order valence-corrected chi connectivity index (χ1v) is 9.66. The molecule has 0 aliphatic rings. The van der Waals surface area contributed by atoms with Crippen molar-refractivity contribution < 1.29 is 0 Å². The number of hydrogen-bond acceptors (Lipinski definition) is 0. The standard InChI is InChI=1S/C10H24Ge/c1-6-8-11(9-7-2)10(3,4)5/h11H,6-9H2,1-5H3. The van der Waals surface area contributed by atoms with Crippen molar-refractivity contribution in [1.82, 2.24) is 0 Å². The van der Waals surface area contributed by atoms with E-state index in [0.717, 1.165) is 0 Å². The van der Waals surface area contributed by atoms with Crippen LogP contribution in [0.15, 0.2) is 0 Å². The Kier molecular flexibility index (Phi) is 5.49. The van der Waals surface area contributed by atoms with Crippen LogP contribution in [0.25, 0.3) is 0 Å². The van der Waals surface area contributed by atoms with Crippen LogP contribution in [0, 0.1) is 0 Å². The first-order valence-electron chi connectivity index (χ1n) is 5.02. The van der Waals surface area contributed by atoms with Crippen LogP contribution < -0.4 is 0 Å². The second-order valence-corrected chi connectivity index (χ2v) is 13.6. The van der Waals surface area contributed by atoms with Gasteiger partial charge in [0.05, 0.1) is 0 Å². The quantitative estimate of drug-likeness (QED) is 0.627. The number of hydrogen-bond donors (Lipinski definition) is 0. The van der Waals surface area contributed by atoms with E-state index in [2.05, 4.69) is 34.6 Å². The minimum absolute atomic E-state index is 0.707. The zero-order chi connectivity index (χ0) is 8.91. The van der Waals surface area contributed by atoms with E-state index in [4.69, 9.17) is 0 Å². The summed E-state index contributed by atoms with van der Waals surface area (Å²) in [6.45, 7) is 12.0. The average Bonchev–Trinajstić information content (AvgIpc) is 1.85. The summed E-state index contributed by atoms with van der Waals surface area (Å²) in [5, 5.41) is 3.18. The predicted octanol–water partition coefficient (Wildman–Crippen LogP) is 3.83. The summed E-state index contributed by atoms with van der Waals surface area (Å²) in [5.74, 6) is 0. The summed E-state index contributed by atoms with van der Waals surface area (Å²) < 4.78 is 0.707. The van der Waals surface area contributed by atoms with Gasteiger partial charge in [0.25, 0.3) is 0 Å². The summed E-state index contributed by atoms with van der Waals surface area (Å²) in [6, 6.07) is 0. The molecule has 0 saturated heterocycles. The molecule has 0 atom stereocenters. The molecule has 0 spiro atoms. The molecule has 0 aromatic rings. The Bertz CT molecular complexity index is 85.5. The van der Waals surface area contributed by atoms with Crippen molar-refractivity contribution in [2.24, 2.45) is 0 Å². The Morgan fingerprint density at radius 2 is 1.27 bits per heavy atom. The van der Waals surface area contributed by atoms with Crippen molar-refractivity contribution in [1.29, 1.82) is 0 Å². The van der Waals surface area contributed by atoms with Crippen LogP contribution in [-0.4, -0.2) is 14.3 Å². The Labute approximate surface area is 76.9 Å². The van der Waals surface area contributed by atoms with Gasteiger partial charge >= 0.3 is 76.6 Å². The third-order valence-electron chi connectivity index (χ3n) is 2.50. The van der Waals surface area contributed by atoms with Gasteiger partial charge < -0.3 is 0 Å². The van der Waals surface area contributed by atoms with Gasteiger partial charge in [0, 0.05) is 0 Å². The van der Waals surface area contributed by atoms with E-state index in [9.17, 15) is 0 Å². The Morgan fingerprint density at radius 1 is 0.909 bits per heavy atom. The van der Waals surface area contributed by atoms with E-state index in [1.54, 1.807) is 10.5 Å². The molecule has 68 valence electrons. The fourth-order valence-corrected chi connectivity index (χ4v) is 8.87. The van der Waals surface area contributed by atoms with Gasteiger partial charge in [0.1, 0.15) is 0 Å². The summed E-state index contributed by atoms with van der Waals surface area (Å²) in [5.41, 5.74) is 0. The van der Waals surface area contributed by atoms with Crippen LogP contribution in [0.5, 0.6) is 0 Å². The molecule has 11 heavy (non-hydrogen) atoms. The zero-order valence-corrected chi connectivity index (χ0v) is 11.3. The van der Waals surface area contributed by atoms with Crippen molar-refractivity contribution in [3.8, 4) is 0 Å². The summed E-state index contributed by atoms with van der Waals surface area (Å²) in [7, 11) is 0. The molecule has 0 nitrogen and oxygen atoms in total. The molecule has 0 aliphatic heterocycles. The van der Waals surface area contributed by atoms with E-state index in [1.807, 2.05) is 0 Å². The van der Waals surface area contributed by atoms with E-state index in [1.165, 1.54) is 12.8 Å². The molecule has 0 rings (SSSR count). The fourth-order valence-electron chi connectivity index (χ4n) is 1.71. The van der Waals surface area contributed by atoms with Crippen LogP contribution in [-0.2, 0) is 0 Å². The van der Waals surface area contributed by atoms with Crippen LogP contribution in [0.2, 0.25) is 14.8 Å². The molecule has 0 radical (unpaired) electrons. The van der Waals surface area contributed by atoms with Crippen molar-refractivity contribution in [2.45, 2.75) is 62.2 Å². The average molecular weight is 217 g/mol. The molecule has 0 fully saturated rings. The molecule has 0 heterocycles.